The maximum absolute atomic E-state index is 12.2. The molecule has 0 unspecified atom stereocenters. The Kier molecular flexibility index (Phi) is 4.70. The Hall–Kier alpha value is -2.50. The number of nitrogens with zero attached hydrogens (tertiary/aromatic N) is 2. The number of ether oxygens (including phenoxy) is 1. The zero-order valence-corrected chi connectivity index (χ0v) is 15.2. The summed E-state index contributed by atoms with van der Waals surface area (Å²) in [7, 11) is 3.18. The van der Waals surface area contributed by atoms with E-state index in [0.29, 0.717) is 5.02 Å². The van der Waals surface area contributed by atoms with Crippen molar-refractivity contribution in [3.05, 3.63) is 58.7 Å². The molecule has 25 heavy (non-hydrogen) atoms. The number of hydrazine groups is 1. The number of hydrogen-bond donors (Lipinski definition) is 1. The monoisotopic (exact) mass is 357 g/mol. The van der Waals surface area contributed by atoms with Crippen molar-refractivity contribution in [1.82, 2.24) is 9.58 Å². The van der Waals surface area contributed by atoms with Crippen LogP contribution in [0.15, 0.2) is 42.5 Å². The van der Waals surface area contributed by atoms with Crippen LogP contribution in [0.1, 0.15) is 11.3 Å². The van der Waals surface area contributed by atoms with E-state index in [-0.39, 0.29) is 12.3 Å². The number of likely N-dealkylation sites (N-methyl/N-ethyl adjacent to an activating group) is 1. The van der Waals surface area contributed by atoms with E-state index in [0.717, 1.165) is 38.6 Å². The Morgan fingerprint density at radius 1 is 1.28 bits per heavy atom. The van der Waals surface area contributed by atoms with Crippen molar-refractivity contribution in [1.29, 1.82) is 0 Å². The van der Waals surface area contributed by atoms with Crippen LogP contribution < -0.4 is 10.6 Å². The summed E-state index contributed by atoms with van der Waals surface area (Å²) in [5.74, 6) is 6.19. The van der Waals surface area contributed by atoms with Crippen LogP contribution in [0.2, 0.25) is 5.02 Å². The molecule has 0 radical (unpaired) electrons. The van der Waals surface area contributed by atoms with Gasteiger partial charge in [0, 0.05) is 28.8 Å². The number of hydrogen-bond acceptors (Lipinski definition) is 3. The van der Waals surface area contributed by atoms with Gasteiger partial charge in [-0.3, -0.25) is 9.80 Å². The van der Waals surface area contributed by atoms with E-state index in [4.69, 9.17) is 22.2 Å². The summed E-state index contributed by atoms with van der Waals surface area (Å²) in [5.41, 5.74) is 3.83. The quantitative estimate of drug-likeness (QED) is 0.442. The first-order valence-electron chi connectivity index (χ1n) is 7.87. The van der Waals surface area contributed by atoms with Crippen LogP contribution in [0.4, 0.5) is 0 Å². The van der Waals surface area contributed by atoms with Gasteiger partial charge in [-0.05, 0) is 48.9 Å². The fourth-order valence-electron chi connectivity index (χ4n) is 3.04. The minimum atomic E-state index is -0.156. The summed E-state index contributed by atoms with van der Waals surface area (Å²) in [4.78, 5) is 12.2. The number of amides is 1. The Balaban J connectivity index is 2.27. The van der Waals surface area contributed by atoms with Crippen LogP contribution in [0.5, 0.6) is 5.75 Å². The van der Waals surface area contributed by atoms with Gasteiger partial charge in [0.1, 0.15) is 5.75 Å². The zero-order valence-electron chi connectivity index (χ0n) is 14.4. The van der Waals surface area contributed by atoms with Crippen LogP contribution >= 0.6 is 11.6 Å². The maximum atomic E-state index is 12.2. The maximum Gasteiger partial charge on any atom is 0.240 e. The van der Waals surface area contributed by atoms with E-state index in [1.165, 1.54) is 0 Å². The lowest BCUT2D eigenvalue weighted by atomic mass is 10.1. The predicted molar refractivity (Wildman–Crippen MR) is 100 cm³/mol. The summed E-state index contributed by atoms with van der Waals surface area (Å²) >= 11 is 6.17. The SMILES string of the molecule is COc1ccc2c(c1)c(CC(=O)N(C)N)c(C)n2-c1cccc(Cl)c1. The summed E-state index contributed by atoms with van der Waals surface area (Å²) in [5, 5.41) is 2.74. The number of fused-ring (bicyclic) bond motifs is 1. The third-order valence-electron chi connectivity index (χ3n) is 4.33. The lowest BCUT2D eigenvalue weighted by Crippen LogP contribution is -2.34. The first kappa shape index (κ1) is 17.3. The molecule has 1 aromatic heterocycles. The van der Waals surface area contributed by atoms with Crippen LogP contribution in [0.25, 0.3) is 16.6 Å². The molecule has 0 fully saturated rings. The van der Waals surface area contributed by atoms with E-state index in [2.05, 4.69) is 4.57 Å². The molecule has 130 valence electrons. The number of rotatable bonds is 4. The molecule has 0 aliphatic heterocycles. The lowest BCUT2D eigenvalue weighted by molar-refractivity contribution is -0.129. The minimum Gasteiger partial charge on any atom is -0.497 e. The molecule has 2 N–H and O–H groups in total. The summed E-state index contributed by atoms with van der Waals surface area (Å²) < 4.78 is 7.45. The van der Waals surface area contributed by atoms with Crippen molar-refractivity contribution in [2.75, 3.05) is 14.2 Å². The van der Waals surface area contributed by atoms with E-state index in [9.17, 15) is 4.79 Å². The van der Waals surface area contributed by atoms with Gasteiger partial charge in [-0.25, -0.2) is 5.84 Å². The highest BCUT2D eigenvalue weighted by molar-refractivity contribution is 6.30. The van der Waals surface area contributed by atoms with Gasteiger partial charge in [-0.1, -0.05) is 17.7 Å². The van der Waals surface area contributed by atoms with Crippen LogP contribution in [0, 0.1) is 6.92 Å². The van der Waals surface area contributed by atoms with Crippen LogP contribution in [0.3, 0.4) is 0 Å². The van der Waals surface area contributed by atoms with E-state index in [1.807, 2.05) is 49.4 Å². The second-order valence-electron chi connectivity index (χ2n) is 5.94. The van der Waals surface area contributed by atoms with Gasteiger partial charge in [-0.2, -0.15) is 0 Å². The fourth-order valence-corrected chi connectivity index (χ4v) is 3.22. The summed E-state index contributed by atoms with van der Waals surface area (Å²) in [6, 6.07) is 13.5. The molecule has 1 heterocycles. The largest absolute Gasteiger partial charge is 0.497 e. The molecular formula is C19H20ClN3O2. The lowest BCUT2D eigenvalue weighted by Gasteiger charge is -2.11. The van der Waals surface area contributed by atoms with E-state index < -0.39 is 0 Å². The molecule has 0 aliphatic rings. The third-order valence-corrected chi connectivity index (χ3v) is 4.56. The van der Waals surface area contributed by atoms with E-state index in [1.54, 1.807) is 14.2 Å². The van der Waals surface area contributed by atoms with Crippen molar-refractivity contribution in [2.24, 2.45) is 5.84 Å². The third kappa shape index (κ3) is 3.21. The van der Waals surface area contributed by atoms with Crippen molar-refractivity contribution in [2.45, 2.75) is 13.3 Å². The van der Waals surface area contributed by atoms with Gasteiger partial charge in [0.25, 0.3) is 0 Å². The van der Waals surface area contributed by atoms with Crippen molar-refractivity contribution in [3.8, 4) is 11.4 Å². The number of carbonyl (C=O) groups is 1. The first-order chi connectivity index (χ1) is 11.9. The van der Waals surface area contributed by atoms with Gasteiger partial charge in [0.15, 0.2) is 0 Å². The second-order valence-corrected chi connectivity index (χ2v) is 6.38. The molecule has 5 nitrogen and oxygen atoms in total. The van der Waals surface area contributed by atoms with Crippen molar-refractivity contribution in [3.63, 3.8) is 0 Å². The average Bonchev–Trinajstić information content (AvgIpc) is 2.86. The Labute approximate surface area is 151 Å². The topological polar surface area (TPSA) is 60.5 Å². The van der Waals surface area contributed by atoms with Crippen molar-refractivity contribution < 1.29 is 9.53 Å². The normalized spacial score (nSPS) is 10.9. The first-order valence-corrected chi connectivity index (χ1v) is 8.25. The van der Waals surface area contributed by atoms with Crippen LogP contribution in [-0.2, 0) is 11.2 Å². The van der Waals surface area contributed by atoms with Gasteiger partial charge in [0.05, 0.1) is 19.0 Å². The minimum absolute atomic E-state index is 0.156. The molecule has 1 amide bonds. The number of halogens is 1. The molecule has 0 bridgehead atoms. The molecule has 0 atom stereocenters. The molecule has 3 rings (SSSR count). The standard InChI is InChI=1S/C19H20ClN3O2/c1-12-16(11-19(24)22(2)21)17-10-15(25-3)7-8-18(17)23(12)14-6-4-5-13(20)9-14/h4-10H,11,21H2,1-3H3. The Bertz CT molecular complexity index is 947. The second kappa shape index (κ2) is 6.78. The highest BCUT2D eigenvalue weighted by atomic mass is 35.5. The summed E-state index contributed by atoms with van der Waals surface area (Å²) in [6.07, 6.45) is 0.218. The molecule has 6 heteroatoms. The van der Waals surface area contributed by atoms with Gasteiger partial charge < -0.3 is 9.30 Å². The number of nitrogens with two attached hydrogens (primary N) is 1. The number of aromatic nitrogens is 1. The number of benzene rings is 2. The van der Waals surface area contributed by atoms with Gasteiger partial charge >= 0.3 is 0 Å². The Morgan fingerprint density at radius 3 is 2.68 bits per heavy atom. The van der Waals surface area contributed by atoms with Gasteiger partial charge in [-0.15, -0.1) is 0 Å². The number of carbonyl (C=O) groups excluding carboxylic acids is 1. The Morgan fingerprint density at radius 2 is 2.04 bits per heavy atom. The molecule has 2 aromatic carbocycles. The van der Waals surface area contributed by atoms with E-state index >= 15 is 0 Å². The highest BCUT2D eigenvalue weighted by Gasteiger charge is 2.19. The highest BCUT2D eigenvalue weighted by Crippen LogP contribution is 2.33. The molecule has 3 aromatic rings. The van der Waals surface area contributed by atoms with Crippen LogP contribution in [-0.4, -0.2) is 29.6 Å². The number of methoxy groups -OCH3 is 1. The van der Waals surface area contributed by atoms with Crippen molar-refractivity contribution >= 4 is 28.4 Å². The smallest absolute Gasteiger partial charge is 0.240 e. The molecule has 0 aliphatic carbocycles. The zero-order chi connectivity index (χ0) is 18.1. The molecular weight excluding hydrogens is 338 g/mol. The molecule has 0 spiro atoms. The molecule has 0 saturated heterocycles. The summed E-state index contributed by atoms with van der Waals surface area (Å²) in [6.45, 7) is 1.99. The average molecular weight is 358 g/mol. The molecule has 0 saturated carbocycles. The van der Waals surface area contributed by atoms with Gasteiger partial charge in [0.2, 0.25) is 5.91 Å². The predicted octanol–water partition coefficient (Wildman–Crippen LogP) is 3.48. The fraction of sp³-hybridized carbons (Fsp3) is 0.211.